The smallest absolute Gasteiger partial charge is 0.291 e. The van der Waals surface area contributed by atoms with Crippen LogP contribution in [0.5, 0.6) is 0 Å². The van der Waals surface area contributed by atoms with E-state index in [0.717, 1.165) is 18.8 Å². The Bertz CT molecular complexity index is 479. The van der Waals surface area contributed by atoms with E-state index in [4.69, 9.17) is 0 Å². The minimum absolute atomic E-state index is 0.0441. The summed E-state index contributed by atoms with van der Waals surface area (Å²) in [5, 5.41) is 0. The molecule has 1 N–H and O–H groups in total. The number of aromatic nitrogens is 2. The van der Waals surface area contributed by atoms with Gasteiger partial charge in [0.15, 0.2) is 5.82 Å². The highest BCUT2D eigenvalue weighted by atomic mass is 16.1. The molecule has 4 nitrogen and oxygen atoms in total. The number of aromatic amines is 1. The van der Waals surface area contributed by atoms with Crippen molar-refractivity contribution in [2.45, 2.75) is 59.3 Å². The molecule has 2 fully saturated rings. The largest absolute Gasteiger partial charge is 0.352 e. The van der Waals surface area contributed by atoms with E-state index in [1.165, 1.54) is 38.5 Å². The van der Waals surface area contributed by atoms with Gasteiger partial charge >= 0.3 is 0 Å². The molecule has 0 amide bonds. The molecule has 4 heteroatoms. The Morgan fingerprint density at radius 1 is 1.15 bits per heavy atom. The van der Waals surface area contributed by atoms with Crippen molar-refractivity contribution >= 4 is 5.82 Å². The van der Waals surface area contributed by atoms with Crippen molar-refractivity contribution in [2.75, 3.05) is 18.0 Å². The monoisotopic (exact) mass is 277 g/mol. The van der Waals surface area contributed by atoms with E-state index < -0.39 is 0 Å². The van der Waals surface area contributed by atoms with Crippen LogP contribution in [0, 0.1) is 12.3 Å². The first-order chi connectivity index (χ1) is 9.69. The van der Waals surface area contributed by atoms with Crippen LogP contribution in [0.1, 0.15) is 58.1 Å². The van der Waals surface area contributed by atoms with Crippen molar-refractivity contribution in [1.82, 2.24) is 9.97 Å². The van der Waals surface area contributed by atoms with E-state index in [1.807, 2.05) is 20.8 Å². The van der Waals surface area contributed by atoms with Crippen LogP contribution in [0.2, 0.25) is 0 Å². The number of hydrogen-bond acceptors (Lipinski definition) is 3. The van der Waals surface area contributed by atoms with Crippen LogP contribution >= 0.6 is 0 Å². The van der Waals surface area contributed by atoms with Gasteiger partial charge in [0.2, 0.25) is 0 Å². The molecule has 0 aromatic carbocycles. The first-order valence-corrected chi connectivity index (χ1v) is 7.99. The third-order valence-electron chi connectivity index (χ3n) is 4.68. The Hall–Kier alpha value is -1.32. The van der Waals surface area contributed by atoms with Crippen molar-refractivity contribution in [1.29, 1.82) is 0 Å². The molecular formula is C16H27N3O. The van der Waals surface area contributed by atoms with E-state index in [1.54, 1.807) is 6.20 Å². The average Bonchev–Trinajstić information content (AvgIpc) is 2.91. The molecule has 2 heterocycles. The highest BCUT2D eigenvalue weighted by molar-refractivity contribution is 5.36. The minimum atomic E-state index is -0.0441. The lowest BCUT2D eigenvalue weighted by Crippen LogP contribution is -2.41. The molecule has 1 aromatic rings. The third-order valence-corrected chi connectivity index (χ3v) is 4.68. The molecule has 0 bridgehead atoms. The van der Waals surface area contributed by atoms with Crippen LogP contribution in [0.3, 0.4) is 0 Å². The highest BCUT2D eigenvalue weighted by Crippen LogP contribution is 2.46. The zero-order chi connectivity index (χ0) is 14.6. The Balaban J connectivity index is 0.000000704. The summed E-state index contributed by atoms with van der Waals surface area (Å²) in [6.45, 7) is 7.83. The first-order valence-electron chi connectivity index (χ1n) is 7.99. The number of hydrogen-bond donors (Lipinski definition) is 1. The van der Waals surface area contributed by atoms with Crippen molar-refractivity contribution in [2.24, 2.45) is 5.41 Å². The lowest BCUT2D eigenvalue weighted by molar-refractivity contribution is 0.226. The van der Waals surface area contributed by atoms with Gasteiger partial charge in [0.05, 0.1) is 0 Å². The molecule has 1 spiro atoms. The maximum absolute atomic E-state index is 11.9. The lowest BCUT2D eigenvalue weighted by atomic mass is 9.77. The second kappa shape index (κ2) is 6.42. The molecular weight excluding hydrogens is 250 g/mol. The molecule has 1 aliphatic carbocycles. The maximum atomic E-state index is 11.9. The van der Waals surface area contributed by atoms with Gasteiger partial charge in [-0.25, -0.2) is 4.98 Å². The number of aryl methyl sites for hydroxylation is 1. The fourth-order valence-corrected chi connectivity index (χ4v) is 3.53. The number of anilines is 1. The van der Waals surface area contributed by atoms with Gasteiger partial charge in [-0.2, -0.15) is 0 Å². The van der Waals surface area contributed by atoms with Crippen molar-refractivity contribution < 1.29 is 0 Å². The van der Waals surface area contributed by atoms with Crippen molar-refractivity contribution in [3.05, 3.63) is 22.2 Å². The van der Waals surface area contributed by atoms with Gasteiger partial charge in [-0.05, 0) is 38.0 Å². The maximum Gasteiger partial charge on any atom is 0.291 e. The topological polar surface area (TPSA) is 49.0 Å². The van der Waals surface area contributed by atoms with Crippen LogP contribution < -0.4 is 10.5 Å². The Kier molecular flexibility index (Phi) is 4.84. The summed E-state index contributed by atoms with van der Waals surface area (Å²) in [5.41, 5.74) is 1.37. The molecule has 0 unspecified atom stereocenters. The van der Waals surface area contributed by atoms with E-state index in [0.29, 0.717) is 11.2 Å². The highest BCUT2D eigenvalue weighted by Gasteiger charge is 2.37. The Morgan fingerprint density at radius 2 is 1.75 bits per heavy atom. The summed E-state index contributed by atoms with van der Waals surface area (Å²) in [7, 11) is 0. The van der Waals surface area contributed by atoms with Crippen LogP contribution in [0.4, 0.5) is 5.82 Å². The summed E-state index contributed by atoms with van der Waals surface area (Å²) in [4.78, 5) is 21.2. The van der Waals surface area contributed by atoms with Gasteiger partial charge < -0.3 is 9.88 Å². The first kappa shape index (κ1) is 15.1. The standard InChI is InChI=1S/C14H21N3O.C2H6/c1-11-10-15-12(13(18)16-11)17-8-6-14(7-9-17)4-2-3-5-14;1-2/h10H,2-9H2,1H3,(H,16,18);1-2H3. The summed E-state index contributed by atoms with van der Waals surface area (Å²) >= 11 is 0. The lowest BCUT2D eigenvalue weighted by Gasteiger charge is -2.39. The molecule has 1 saturated heterocycles. The SMILES string of the molecule is CC.Cc1cnc(N2CCC3(CCCC3)CC2)c(=O)[nH]1. The van der Waals surface area contributed by atoms with E-state index in [9.17, 15) is 4.79 Å². The van der Waals surface area contributed by atoms with Crippen LogP contribution in [0.25, 0.3) is 0 Å². The summed E-state index contributed by atoms with van der Waals surface area (Å²) in [5.74, 6) is 0.605. The van der Waals surface area contributed by atoms with Gasteiger partial charge in [-0.3, -0.25) is 4.79 Å². The molecule has 0 radical (unpaired) electrons. The van der Waals surface area contributed by atoms with Gasteiger partial charge in [-0.15, -0.1) is 0 Å². The molecule has 2 aliphatic rings. The second-order valence-corrected chi connectivity index (χ2v) is 5.91. The molecule has 1 saturated carbocycles. The van der Waals surface area contributed by atoms with Crippen LogP contribution in [-0.2, 0) is 0 Å². The molecule has 112 valence electrons. The van der Waals surface area contributed by atoms with Crippen LogP contribution in [0.15, 0.2) is 11.0 Å². The summed E-state index contributed by atoms with van der Waals surface area (Å²) in [6.07, 6.45) is 9.75. The number of rotatable bonds is 1. The number of piperidine rings is 1. The number of nitrogens with one attached hydrogen (secondary N) is 1. The van der Waals surface area contributed by atoms with E-state index in [2.05, 4.69) is 14.9 Å². The molecule has 1 aromatic heterocycles. The van der Waals surface area contributed by atoms with Crippen molar-refractivity contribution in [3.63, 3.8) is 0 Å². The minimum Gasteiger partial charge on any atom is -0.352 e. The molecule has 3 rings (SSSR count). The predicted molar refractivity (Wildman–Crippen MR) is 83.3 cm³/mol. The van der Waals surface area contributed by atoms with Gasteiger partial charge in [0.1, 0.15) is 0 Å². The van der Waals surface area contributed by atoms with E-state index >= 15 is 0 Å². The zero-order valence-corrected chi connectivity index (χ0v) is 13.0. The normalized spacial score (nSPS) is 20.6. The summed E-state index contributed by atoms with van der Waals surface area (Å²) in [6, 6.07) is 0. The number of H-pyrrole nitrogens is 1. The third kappa shape index (κ3) is 3.05. The Labute approximate surface area is 121 Å². The number of nitrogens with zero attached hydrogens (tertiary/aromatic N) is 2. The van der Waals surface area contributed by atoms with Crippen molar-refractivity contribution in [3.8, 4) is 0 Å². The quantitative estimate of drug-likeness (QED) is 0.857. The summed E-state index contributed by atoms with van der Waals surface area (Å²) < 4.78 is 0. The molecule has 20 heavy (non-hydrogen) atoms. The van der Waals surface area contributed by atoms with E-state index in [-0.39, 0.29) is 5.56 Å². The second-order valence-electron chi connectivity index (χ2n) is 5.91. The fraction of sp³-hybridized carbons (Fsp3) is 0.750. The van der Waals surface area contributed by atoms with Gasteiger partial charge in [-0.1, -0.05) is 26.7 Å². The fourth-order valence-electron chi connectivity index (χ4n) is 3.53. The van der Waals surface area contributed by atoms with Gasteiger partial charge in [0.25, 0.3) is 5.56 Å². The average molecular weight is 277 g/mol. The predicted octanol–water partition coefficient (Wildman–Crippen LogP) is 3.27. The molecule has 1 aliphatic heterocycles. The molecule has 0 atom stereocenters. The Morgan fingerprint density at radius 3 is 2.30 bits per heavy atom. The zero-order valence-electron chi connectivity index (χ0n) is 13.0. The van der Waals surface area contributed by atoms with Crippen LogP contribution in [-0.4, -0.2) is 23.1 Å². The van der Waals surface area contributed by atoms with Gasteiger partial charge in [0, 0.05) is 25.0 Å².